The van der Waals surface area contributed by atoms with Crippen LogP contribution in [0.25, 0.3) is 0 Å². The molecular formula is C23H25BrN2O3. The van der Waals surface area contributed by atoms with Gasteiger partial charge in [-0.25, -0.2) is 4.98 Å². The van der Waals surface area contributed by atoms with E-state index in [-0.39, 0.29) is 0 Å². The molecule has 6 heteroatoms. The zero-order chi connectivity index (χ0) is 20.5. The Bertz CT molecular complexity index is 902. The predicted molar refractivity (Wildman–Crippen MR) is 118 cm³/mol. The largest absolute Gasteiger partial charge is 0.493 e. The molecule has 152 valence electrons. The van der Waals surface area contributed by atoms with E-state index in [9.17, 15) is 0 Å². The SMILES string of the molecule is COc1cc(CNCCOc2ccccn2)cc(Br)c1OCc1ccc(C)cc1. The lowest BCUT2D eigenvalue weighted by atomic mass is 10.1. The summed E-state index contributed by atoms with van der Waals surface area (Å²) in [4.78, 5) is 4.14. The summed E-state index contributed by atoms with van der Waals surface area (Å²) in [5, 5.41) is 3.36. The molecule has 0 fully saturated rings. The van der Waals surface area contributed by atoms with Crippen LogP contribution in [0.4, 0.5) is 0 Å². The van der Waals surface area contributed by atoms with E-state index in [0.717, 1.165) is 15.6 Å². The van der Waals surface area contributed by atoms with Crippen molar-refractivity contribution in [2.45, 2.75) is 20.1 Å². The van der Waals surface area contributed by atoms with Gasteiger partial charge in [-0.05, 0) is 52.2 Å². The van der Waals surface area contributed by atoms with Crippen LogP contribution in [-0.4, -0.2) is 25.2 Å². The lowest BCUT2D eigenvalue weighted by molar-refractivity contribution is 0.282. The molecule has 0 aliphatic carbocycles. The maximum atomic E-state index is 6.01. The molecule has 0 aliphatic rings. The number of nitrogens with zero attached hydrogens (tertiary/aromatic N) is 1. The molecule has 3 rings (SSSR count). The molecular weight excluding hydrogens is 432 g/mol. The molecule has 2 aromatic carbocycles. The highest BCUT2D eigenvalue weighted by atomic mass is 79.9. The second kappa shape index (κ2) is 10.8. The van der Waals surface area contributed by atoms with Gasteiger partial charge in [0.1, 0.15) is 13.2 Å². The van der Waals surface area contributed by atoms with Gasteiger partial charge in [0.2, 0.25) is 5.88 Å². The van der Waals surface area contributed by atoms with Crippen molar-refractivity contribution < 1.29 is 14.2 Å². The number of halogens is 1. The molecule has 1 aromatic heterocycles. The second-order valence-corrected chi connectivity index (χ2v) is 7.43. The molecule has 3 aromatic rings. The molecule has 5 nitrogen and oxygen atoms in total. The van der Waals surface area contributed by atoms with Gasteiger partial charge in [-0.1, -0.05) is 35.9 Å². The summed E-state index contributed by atoms with van der Waals surface area (Å²) in [6, 6.07) is 17.9. The summed E-state index contributed by atoms with van der Waals surface area (Å²) >= 11 is 3.61. The Hall–Kier alpha value is -2.57. The van der Waals surface area contributed by atoms with Crippen LogP contribution in [0.3, 0.4) is 0 Å². The Morgan fingerprint density at radius 3 is 2.55 bits per heavy atom. The number of rotatable bonds is 10. The number of benzene rings is 2. The van der Waals surface area contributed by atoms with E-state index in [2.05, 4.69) is 57.4 Å². The highest BCUT2D eigenvalue weighted by Crippen LogP contribution is 2.37. The molecule has 1 N–H and O–H groups in total. The summed E-state index contributed by atoms with van der Waals surface area (Å²) in [6.07, 6.45) is 1.72. The Balaban J connectivity index is 1.52. The van der Waals surface area contributed by atoms with E-state index in [0.29, 0.717) is 43.7 Å². The van der Waals surface area contributed by atoms with Crippen molar-refractivity contribution in [3.8, 4) is 17.4 Å². The van der Waals surface area contributed by atoms with Crippen molar-refractivity contribution in [3.63, 3.8) is 0 Å². The molecule has 0 unspecified atom stereocenters. The number of methoxy groups -OCH3 is 1. The van der Waals surface area contributed by atoms with Crippen LogP contribution in [0, 0.1) is 6.92 Å². The van der Waals surface area contributed by atoms with Gasteiger partial charge >= 0.3 is 0 Å². The quantitative estimate of drug-likeness (QED) is 0.439. The third-order valence-corrected chi connectivity index (χ3v) is 4.88. The molecule has 0 bridgehead atoms. The summed E-state index contributed by atoms with van der Waals surface area (Å²) in [5.74, 6) is 2.04. The van der Waals surface area contributed by atoms with Gasteiger partial charge in [-0.3, -0.25) is 0 Å². The molecule has 0 aliphatic heterocycles. The van der Waals surface area contributed by atoms with Crippen LogP contribution in [0.15, 0.2) is 65.3 Å². The average Bonchev–Trinajstić information content (AvgIpc) is 2.74. The van der Waals surface area contributed by atoms with Crippen LogP contribution in [0.1, 0.15) is 16.7 Å². The van der Waals surface area contributed by atoms with Crippen molar-refractivity contribution >= 4 is 15.9 Å². The number of aromatic nitrogens is 1. The van der Waals surface area contributed by atoms with E-state index >= 15 is 0 Å². The fraction of sp³-hybridized carbons (Fsp3) is 0.261. The molecule has 1 heterocycles. The van der Waals surface area contributed by atoms with E-state index in [1.54, 1.807) is 13.3 Å². The molecule has 0 radical (unpaired) electrons. The molecule has 29 heavy (non-hydrogen) atoms. The van der Waals surface area contributed by atoms with Gasteiger partial charge in [0.05, 0.1) is 11.6 Å². The number of nitrogens with one attached hydrogen (secondary N) is 1. The highest BCUT2D eigenvalue weighted by Gasteiger charge is 2.12. The summed E-state index contributed by atoms with van der Waals surface area (Å²) in [5.41, 5.74) is 3.44. The Morgan fingerprint density at radius 1 is 1.00 bits per heavy atom. The van der Waals surface area contributed by atoms with Gasteiger partial charge in [-0.15, -0.1) is 0 Å². The van der Waals surface area contributed by atoms with Gasteiger partial charge < -0.3 is 19.5 Å². The molecule has 0 atom stereocenters. The lowest BCUT2D eigenvalue weighted by Gasteiger charge is -2.15. The fourth-order valence-electron chi connectivity index (χ4n) is 2.75. The summed E-state index contributed by atoms with van der Waals surface area (Å²) < 4.78 is 18.0. The monoisotopic (exact) mass is 456 g/mol. The van der Waals surface area contributed by atoms with Crippen molar-refractivity contribution in [2.24, 2.45) is 0 Å². The first-order chi connectivity index (χ1) is 14.2. The van der Waals surface area contributed by atoms with Crippen LogP contribution >= 0.6 is 15.9 Å². The van der Waals surface area contributed by atoms with E-state index in [4.69, 9.17) is 14.2 Å². The maximum Gasteiger partial charge on any atom is 0.213 e. The molecule has 0 saturated heterocycles. The van der Waals surface area contributed by atoms with Crippen LogP contribution in [0.5, 0.6) is 17.4 Å². The van der Waals surface area contributed by atoms with Gasteiger partial charge in [-0.2, -0.15) is 0 Å². The fourth-order valence-corrected chi connectivity index (χ4v) is 3.35. The maximum absolute atomic E-state index is 6.01. The standard InChI is InChI=1S/C23H25BrN2O3/c1-17-6-8-18(9-7-17)16-29-23-20(24)13-19(14-21(23)27-2)15-25-11-12-28-22-5-3-4-10-26-22/h3-10,13-14,25H,11-12,15-16H2,1-2H3. The van der Waals surface area contributed by atoms with Crippen molar-refractivity contribution in [1.29, 1.82) is 0 Å². The number of hydrogen-bond acceptors (Lipinski definition) is 5. The van der Waals surface area contributed by atoms with Gasteiger partial charge in [0, 0.05) is 25.4 Å². The van der Waals surface area contributed by atoms with Gasteiger partial charge in [0.15, 0.2) is 11.5 Å². The van der Waals surface area contributed by atoms with Gasteiger partial charge in [0.25, 0.3) is 0 Å². The third-order valence-electron chi connectivity index (χ3n) is 4.29. The number of ether oxygens (including phenoxy) is 3. The highest BCUT2D eigenvalue weighted by molar-refractivity contribution is 9.10. The molecule has 0 saturated carbocycles. The number of pyridine rings is 1. The lowest BCUT2D eigenvalue weighted by Crippen LogP contribution is -2.20. The summed E-state index contributed by atoms with van der Waals surface area (Å²) in [7, 11) is 1.65. The number of hydrogen-bond donors (Lipinski definition) is 1. The second-order valence-electron chi connectivity index (χ2n) is 6.58. The molecule has 0 spiro atoms. The predicted octanol–water partition coefficient (Wildman–Crippen LogP) is 4.91. The molecule has 0 amide bonds. The van der Waals surface area contributed by atoms with Crippen molar-refractivity contribution in [3.05, 3.63) is 82.0 Å². The topological polar surface area (TPSA) is 52.6 Å². The minimum atomic E-state index is 0.484. The van der Waals surface area contributed by atoms with Crippen LogP contribution < -0.4 is 19.5 Å². The summed E-state index contributed by atoms with van der Waals surface area (Å²) in [6.45, 7) is 4.51. The van der Waals surface area contributed by atoms with E-state index in [1.807, 2.05) is 30.3 Å². The first kappa shape index (κ1) is 21.1. The zero-order valence-corrected chi connectivity index (χ0v) is 18.2. The Morgan fingerprint density at radius 2 is 1.83 bits per heavy atom. The van der Waals surface area contributed by atoms with Crippen LogP contribution in [-0.2, 0) is 13.2 Å². The first-order valence-corrected chi connectivity index (χ1v) is 10.2. The smallest absolute Gasteiger partial charge is 0.213 e. The Kier molecular flexibility index (Phi) is 7.90. The third kappa shape index (κ3) is 6.48. The first-order valence-electron chi connectivity index (χ1n) is 9.45. The van der Waals surface area contributed by atoms with Crippen molar-refractivity contribution in [2.75, 3.05) is 20.3 Å². The van der Waals surface area contributed by atoms with Crippen LogP contribution in [0.2, 0.25) is 0 Å². The Labute approximate surface area is 180 Å². The van der Waals surface area contributed by atoms with E-state index in [1.165, 1.54) is 5.56 Å². The normalized spacial score (nSPS) is 10.6. The minimum Gasteiger partial charge on any atom is -0.493 e. The van der Waals surface area contributed by atoms with Crippen molar-refractivity contribution in [1.82, 2.24) is 10.3 Å². The minimum absolute atomic E-state index is 0.484. The average molecular weight is 457 g/mol. The zero-order valence-electron chi connectivity index (χ0n) is 16.7. The van der Waals surface area contributed by atoms with E-state index < -0.39 is 0 Å². The number of aryl methyl sites for hydroxylation is 1.